The van der Waals surface area contributed by atoms with Gasteiger partial charge in [0.1, 0.15) is 0 Å². The number of halogens is 4. The summed E-state index contributed by atoms with van der Waals surface area (Å²) in [5.41, 5.74) is 0. The Hall–Kier alpha value is 1.78. The normalized spacial score (nSPS) is 0. The maximum absolute atomic E-state index is 0. The van der Waals surface area contributed by atoms with Crippen LogP contribution in [0.3, 0.4) is 0 Å². The van der Waals surface area contributed by atoms with Crippen LogP contribution in [0.2, 0.25) is 0 Å². The first-order chi connectivity index (χ1) is 0. The van der Waals surface area contributed by atoms with E-state index >= 15 is 0 Å². The molecule has 0 aliphatic carbocycles. The summed E-state index contributed by atoms with van der Waals surface area (Å²) in [6, 6.07) is 0. The third-order valence-corrected chi connectivity index (χ3v) is 0. The Morgan fingerprint density at radius 2 is 0.400 bits per heavy atom. The molecule has 0 spiro atoms. The number of rotatable bonds is 0. The smallest absolute Gasteiger partial charge is 0 e. The fraction of sp³-hybridized carbons (Fsp3) is 0. The van der Waals surface area contributed by atoms with Crippen molar-refractivity contribution in [3.05, 3.63) is 0 Å². The summed E-state index contributed by atoms with van der Waals surface area (Å²) in [6.07, 6.45) is 0. The molecule has 0 rings (SSSR count). The van der Waals surface area contributed by atoms with Gasteiger partial charge in [-0.1, -0.05) is 0 Å². The molecule has 0 aromatic carbocycles. The molecule has 0 saturated heterocycles. The van der Waals surface area contributed by atoms with E-state index in [4.69, 9.17) is 0 Å². The average Bonchev–Trinajstić information content (AvgIpc) is 0. The van der Waals surface area contributed by atoms with Crippen LogP contribution in [-0.4, -0.2) is 0 Å². The maximum atomic E-state index is 0. The molecule has 0 bridgehead atoms. The van der Waals surface area contributed by atoms with Gasteiger partial charge in [0.05, 0.1) is 0 Å². The minimum atomic E-state index is 0. The topological polar surface area (TPSA) is 0 Å². The van der Waals surface area contributed by atoms with E-state index in [0.717, 1.165) is 0 Å². The van der Waals surface area contributed by atoms with E-state index in [9.17, 15) is 0 Å². The summed E-state index contributed by atoms with van der Waals surface area (Å²) in [4.78, 5) is 0. The standard InChI is InChI=1S/4ClH.Rh/h4*1H;/p-4. The molecule has 1 radical (unpaired) electrons. The molecule has 0 aliphatic rings. The van der Waals surface area contributed by atoms with Crippen LogP contribution in [-0.2, 0) is 19.5 Å². The van der Waals surface area contributed by atoms with Crippen LogP contribution >= 0.6 is 0 Å². The second-order valence-electron chi connectivity index (χ2n) is 0. The summed E-state index contributed by atoms with van der Waals surface area (Å²) in [6.45, 7) is 0. The molecule has 0 heterocycles. The van der Waals surface area contributed by atoms with Gasteiger partial charge >= 0.3 is 0 Å². The van der Waals surface area contributed by atoms with Gasteiger partial charge in [0.2, 0.25) is 0 Å². The van der Waals surface area contributed by atoms with Crippen LogP contribution in [0.5, 0.6) is 0 Å². The molecular weight excluding hydrogens is 245 g/mol. The quantitative estimate of drug-likeness (QED) is 0.372. The predicted molar refractivity (Wildman–Crippen MR) is 0 cm³/mol. The zero-order chi connectivity index (χ0) is 0. The molecule has 0 aliphatic heterocycles. The molecule has 0 amide bonds. The Balaban J connectivity index is 0. The monoisotopic (exact) mass is 243 g/mol. The van der Waals surface area contributed by atoms with Gasteiger partial charge in [0, 0.05) is 19.5 Å². The van der Waals surface area contributed by atoms with E-state index in [0.29, 0.717) is 0 Å². The Morgan fingerprint density at radius 3 is 0.400 bits per heavy atom. The molecule has 0 saturated carbocycles. The van der Waals surface area contributed by atoms with Gasteiger partial charge in [-0.05, 0) is 0 Å². The van der Waals surface area contributed by atoms with Crippen molar-refractivity contribution < 1.29 is 69.1 Å². The first kappa shape index (κ1) is 71.3. The minimum absolute atomic E-state index is 0. The molecule has 0 nitrogen and oxygen atoms in total. The fourth-order valence-corrected chi connectivity index (χ4v) is 0. The third kappa shape index (κ3) is 26.0. The van der Waals surface area contributed by atoms with Crippen LogP contribution < -0.4 is 49.6 Å². The van der Waals surface area contributed by atoms with Crippen molar-refractivity contribution in [2.75, 3.05) is 0 Å². The molecule has 0 unspecified atom stereocenters. The van der Waals surface area contributed by atoms with Crippen LogP contribution in [0, 0.1) is 0 Å². The van der Waals surface area contributed by atoms with Crippen LogP contribution in [0.4, 0.5) is 0 Å². The van der Waals surface area contributed by atoms with Crippen LogP contribution in [0.15, 0.2) is 0 Å². The zero-order valence-electron chi connectivity index (χ0n) is 1.85. The zero-order valence-corrected chi connectivity index (χ0v) is 6.51. The SMILES string of the molecule is [Cl-].[Cl-].[Cl-].[Cl-].[Rh]. The van der Waals surface area contributed by atoms with Crippen molar-refractivity contribution in [2.45, 2.75) is 0 Å². The van der Waals surface area contributed by atoms with E-state index in [-0.39, 0.29) is 69.1 Å². The van der Waals surface area contributed by atoms with Gasteiger partial charge in [0.25, 0.3) is 0 Å². The number of hydrogen-bond acceptors (Lipinski definition) is 0. The molecule has 5 heteroatoms. The summed E-state index contributed by atoms with van der Waals surface area (Å²) >= 11 is 0. The molecule has 0 aromatic heterocycles. The minimum Gasteiger partial charge on any atom is -1.00 e. The molecule has 5 heavy (non-hydrogen) atoms. The largest absolute Gasteiger partial charge is 1.00 e. The van der Waals surface area contributed by atoms with E-state index < -0.39 is 0 Å². The Bertz CT molecular complexity index is 3.61. The van der Waals surface area contributed by atoms with E-state index in [2.05, 4.69) is 0 Å². The van der Waals surface area contributed by atoms with E-state index in [1.54, 1.807) is 0 Å². The van der Waals surface area contributed by atoms with E-state index in [1.165, 1.54) is 0 Å². The summed E-state index contributed by atoms with van der Waals surface area (Å²) < 4.78 is 0. The first-order valence-electron chi connectivity index (χ1n) is 0. The molecule has 0 N–H and O–H groups in total. The predicted octanol–water partition coefficient (Wildman–Crippen LogP) is -12.0. The summed E-state index contributed by atoms with van der Waals surface area (Å²) in [5.74, 6) is 0. The Morgan fingerprint density at radius 1 is 0.400 bits per heavy atom. The Kier molecular flexibility index (Phi) is 594. The van der Waals surface area contributed by atoms with E-state index in [1.807, 2.05) is 0 Å². The second kappa shape index (κ2) is 41.6. The maximum Gasteiger partial charge on any atom is 0 e. The van der Waals surface area contributed by atoms with Gasteiger partial charge in [0.15, 0.2) is 0 Å². The second-order valence-corrected chi connectivity index (χ2v) is 0. The number of hydrogen-bond donors (Lipinski definition) is 0. The van der Waals surface area contributed by atoms with Gasteiger partial charge in [-0.2, -0.15) is 0 Å². The van der Waals surface area contributed by atoms with Crippen molar-refractivity contribution in [1.82, 2.24) is 0 Å². The average molecular weight is 245 g/mol. The van der Waals surface area contributed by atoms with Crippen molar-refractivity contribution in [3.8, 4) is 0 Å². The molecule has 0 atom stereocenters. The summed E-state index contributed by atoms with van der Waals surface area (Å²) in [7, 11) is 0. The van der Waals surface area contributed by atoms with Crippen molar-refractivity contribution in [2.24, 2.45) is 0 Å². The van der Waals surface area contributed by atoms with Gasteiger partial charge in [-0.25, -0.2) is 0 Å². The molecule has 41 valence electrons. The fourth-order valence-electron chi connectivity index (χ4n) is 0. The molecule has 0 fully saturated rings. The van der Waals surface area contributed by atoms with Crippen molar-refractivity contribution >= 4 is 0 Å². The van der Waals surface area contributed by atoms with Crippen molar-refractivity contribution in [1.29, 1.82) is 0 Å². The van der Waals surface area contributed by atoms with Gasteiger partial charge < -0.3 is 49.6 Å². The first-order valence-corrected chi connectivity index (χ1v) is 0. The third-order valence-electron chi connectivity index (χ3n) is 0. The van der Waals surface area contributed by atoms with Crippen LogP contribution in [0.25, 0.3) is 0 Å². The Labute approximate surface area is 68.9 Å². The van der Waals surface area contributed by atoms with Gasteiger partial charge in [-0.3, -0.25) is 0 Å². The molecular formula is Cl4Rh-4. The van der Waals surface area contributed by atoms with Crippen LogP contribution in [0.1, 0.15) is 0 Å². The van der Waals surface area contributed by atoms with Crippen molar-refractivity contribution in [3.63, 3.8) is 0 Å². The van der Waals surface area contributed by atoms with Gasteiger partial charge in [-0.15, -0.1) is 0 Å². The molecule has 0 aromatic rings. The summed E-state index contributed by atoms with van der Waals surface area (Å²) in [5, 5.41) is 0.